The first kappa shape index (κ1) is 22.6. The SMILES string of the molecule is CC1CC[C@@H](C(C)C)C(C(=O)n2c(=O)n(CCN)c3cc(OCCCO)ccc32)C1. The molecule has 0 spiro atoms. The molecule has 0 bridgehead atoms. The number of imidazole rings is 1. The number of aliphatic hydroxyl groups excluding tert-OH is 1. The minimum Gasteiger partial charge on any atom is -0.493 e. The zero-order valence-electron chi connectivity index (χ0n) is 18.3. The molecule has 3 N–H and O–H groups in total. The van der Waals surface area contributed by atoms with Gasteiger partial charge in [-0.25, -0.2) is 9.36 Å². The van der Waals surface area contributed by atoms with E-state index in [2.05, 4.69) is 20.8 Å². The highest BCUT2D eigenvalue weighted by Crippen LogP contribution is 2.39. The monoisotopic (exact) mass is 417 g/mol. The van der Waals surface area contributed by atoms with Gasteiger partial charge in [-0.1, -0.05) is 27.2 Å². The molecule has 0 saturated heterocycles. The molecular formula is C23H35N3O4. The Kier molecular flexibility index (Phi) is 7.36. The zero-order valence-corrected chi connectivity index (χ0v) is 18.3. The van der Waals surface area contributed by atoms with Crippen LogP contribution in [0.15, 0.2) is 23.0 Å². The van der Waals surface area contributed by atoms with E-state index in [-0.39, 0.29) is 30.0 Å². The van der Waals surface area contributed by atoms with Crippen molar-refractivity contribution < 1.29 is 14.6 Å². The summed E-state index contributed by atoms with van der Waals surface area (Å²) in [6, 6.07) is 5.35. The zero-order chi connectivity index (χ0) is 21.8. The number of benzene rings is 1. The summed E-state index contributed by atoms with van der Waals surface area (Å²) in [5, 5.41) is 8.95. The minimum absolute atomic E-state index is 0.0574. The number of carbonyl (C=O) groups is 1. The maximum Gasteiger partial charge on any atom is 0.336 e. The second kappa shape index (κ2) is 9.79. The summed E-state index contributed by atoms with van der Waals surface area (Å²) in [7, 11) is 0. The highest BCUT2D eigenvalue weighted by molar-refractivity contribution is 5.92. The van der Waals surface area contributed by atoms with Crippen LogP contribution in [0.5, 0.6) is 5.75 Å². The summed E-state index contributed by atoms with van der Waals surface area (Å²) < 4.78 is 8.61. The van der Waals surface area contributed by atoms with Gasteiger partial charge in [-0.2, -0.15) is 0 Å². The lowest BCUT2D eigenvalue weighted by molar-refractivity contribution is 0.0633. The van der Waals surface area contributed by atoms with E-state index < -0.39 is 0 Å². The Morgan fingerprint density at radius 1 is 1.30 bits per heavy atom. The Bertz CT molecular complexity index is 930. The van der Waals surface area contributed by atoms with Gasteiger partial charge in [-0.3, -0.25) is 9.36 Å². The van der Waals surface area contributed by atoms with Crippen LogP contribution >= 0.6 is 0 Å². The number of rotatable bonds is 8. The van der Waals surface area contributed by atoms with Gasteiger partial charge in [0.25, 0.3) is 0 Å². The van der Waals surface area contributed by atoms with E-state index in [1.54, 1.807) is 22.8 Å². The summed E-state index contributed by atoms with van der Waals surface area (Å²) in [6.07, 6.45) is 3.50. The average molecular weight is 418 g/mol. The Morgan fingerprint density at radius 2 is 2.07 bits per heavy atom. The molecule has 0 radical (unpaired) electrons. The number of fused-ring (bicyclic) bond motifs is 1. The van der Waals surface area contributed by atoms with Crippen molar-refractivity contribution in [2.45, 2.75) is 53.0 Å². The Hall–Kier alpha value is -2.12. The van der Waals surface area contributed by atoms with Crippen LogP contribution in [0.25, 0.3) is 11.0 Å². The molecule has 2 unspecified atom stereocenters. The number of aromatic nitrogens is 2. The van der Waals surface area contributed by atoms with Gasteiger partial charge in [0, 0.05) is 38.1 Å². The Morgan fingerprint density at radius 3 is 2.73 bits per heavy atom. The van der Waals surface area contributed by atoms with Gasteiger partial charge in [-0.05, 0) is 42.7 Å². The van der Waals surface area contributed by atoms with Gasteiger partial charge in [0.2, 0.25) is 5.91 Å². The van der Waals surface area contributed by atoms with Gasteiger partial charge < -0.3 is 15.6 Å². The van der Waals surface area contributed by atoms with Crippen molar-refractivity contribution in [3.63, 3.8) is 0 Å². The van der Waals surface area contributed by atoms with Crippen molar-refractivity contribution in [3.05, 3.63) is 28.7 Å². The first-order valence-corrected chi connectivity index (χ1v) is 11.1. The molecule has 1 aliphatic carbocycles. The molecule has 0 amide bonds. The number of nitrogens with zero attached hydrogens (tertiary/aromatic N) is 2. The van der Waals surface area contributed by atoms with Gasteiger partial charge in [0.1, 0.15) is 5.75 Å². The maximum absolute atomic E-state index is 13.7. The van der Waals surface area contributed by atoms with E-state index in [9.17, 15) is 9.59 Å². The van der Waals surface area contributed by atoms with Gasteiger partial charge in [-0.15, -0.1) is 0 Å². The van der Waals surface area contributed by atoms with Crippen LogP contribution in [0.3, 0.4) is 0 Å². The van der Waals surface area contributed by atoms with Crippen molar-refractivity contribution in [1.82, 2.24) is 9.13 Å². The molecule has 7 nitrogen and oxygen atoms in total. The highest BCUT2D eigenvalue weighted by atomic mass is 16.5. The standard InChI is InChI=1S/C23H35N3O4/c1-15(2)18-7-5-16(3)13-19(18)22(28)26-20-8-6-17(30-12-4-11-27)14-21(20)25(10-9-24)23(26)29/h6,8,14-16,18-19,27H,4-5,7,9-13,24H2,1-3H3/t16?,18-,19?/m0/s1. The summed E-state index contributed by atoms with van der Waals surface area (Å²) >= 11 is 0. The maximum atomic E-state index is 13.7. The van der Waals surface area contributed by atoms with Crippen LogP contribution in [-0.2, 0) is 6.54 Å². The molecule has 1 aromatic carbocycles. The van der Waals surface area contributed by atoms with Gasteiger partial charge in [0.05, 0.1) is 17.6 Å². The van der Waals surface area contributed by atoms with Crippen molar-refractivity contribution in [3.8, 4) is 5.75 Å². The summed E-state index contributed by atoms with van der Waals surface area (Å²) in [4.78, 5) is 26.9. The van der Waals surface area contributed by atoms with Crippen LogP contribution in [0.4, 0.5) is 0 Å². The topological polar surface area (TPSA) is 99.5 Å². The number of ether oxygens (including phenoxy) is 1. The number of aliphatic hydroxyl groups is 1. The van der Waals surface area contributed by atoms with E-state index in [4.69, 9.17) is 15.6 Å². The lowest BCUT2D eigenvalue weighted by Crippen LogP contribution is -2.40. The molecule has 3 atom stereocenters. The third kappa shape index (κ3) is 4.47. The number of nitrogens with two attached hydrogens (primary N) is 1. The molecule has 2 aromatic rings. The number of carbonyl (C=O) groups excluding carboxylic acids is 1. The van der Waals surface area contributed by atoms with E-state index in [0.717, 1.165) is 19.3 Å². The minimum atomic E-state index is -0.325. The van der Waals surface area contributed by atoms with Crippen molar-refractivity contribution >= 4 is 16.9 Å². The number of hydrogen-bond acceptors (Lipinski definition) is 5. The second-order valence-corrected chi connectivity index (χ2v) is 8.91. The molecule has 166 valence electrons. The first-order valence-electron chi connectivity index (χ1n) is 11.1. The number of hydrogen-bond donors (Lipinski definition) is 2. The smallest absolute Gasteiger partial charge is 0.336 e. The summed E-state index contributed by atoms with van der Waals surface area (Å²) in [5.41, 5.74) is 6.69. The molecule has 1 aliphatic rings. The fraction of sp³-hybridized carbons (Fsp3) is 0.652. The lowest BCUT2D eigenvalue weighted by Gasteiger charge is -2.36. The lowest BCUT2D eigenvalue weighted by atomic mass is 9.69. The molecule has 0 aliphatic heterocycles. The van der Waals surface area contributed by atoms with Crippen molar-refractivity contribution in [2.75, 3.05) is 19.8 Å². The van der Waals surface area contributed by atoms with Crippen LogP contribution < -0.4 is 16.2 Å². The van der Waals surface area contributed by atoms with Crippen LogP contribution in [-0.4, -0.2) is 39.9 Å². The van der Waals surface area contributed by atoms with Gasteiger partial charge >= 0.3 is 5.69 Å². The quantitative estimate of drug-likeness (QED) is 0.644. The fourth-order valence-electron chi connectivity index (χ4n) is 4.79. The molecular weight excluding hydrogens is 382 g/mol. The molecule has 1 fully saturated rings. The Balaban J connectivity index is 2.05. The Labute approximate surface area is 177 Å². The van der Waals surface area contributed by atoms with E-state index in [1.165, 1.54) is 4.57 Å². The van der Waals surface area contributed by atoms with Crippen molar-refractivity contribution in [2.24, 2.45) is 29.4 Å². The normalized spacial score (nSPS) is 22.0. The summed E-state index contributed by atoms with van der Waals surface area (Å²) in [6.45, 7) is 7.60. The predicted octanol–water partition coefficient (Wildman–Crippen LogP) is 2.87. The molecule has 30 heavy (non-hydrogen) atoms. The van der Waals surface area contributed by atoms with Crippen LogP contribution in [0, 0.1) is 23.7 Å². The van der Waals surface area contributed by atoms with E-state index in [0.29, 0.717) is 54.7 Å². The van der Waals surface area contributed by atoms with E-state index >= 15 is 0 Å². The molecule has 1 aromatic heterocycles. The molecule has 7 heteroatoms. The van der Waals surface area contributed by atoms with Crippen molar-refractivity contribution in [1.29, 1.82) is 0 Å². The third-order valence-corrected chi connectivity index (χ3v) is 6.38. The highest BCUT2D eigenvalue weighted by Gasteiger charge is 2.37. The van der Waals surface area contributed by atoms with E-state index in [1.807, 2.05) is 0 Å². The van der Waals surface area contributed by atoms with Crippen LogP contribution in [0.2, 0.25) is 0 Å². The van der Waals surface area contributed by atoms with Crippen LogP contribution in [0.1, 0.15) is 51.2 Å². The summed E-state index contributed by atoms with van der Waals surface area (Å²) in [5.74, 6) is 1.52. The fourth-order valence-corrected chi connectivity index (χ4v) is 4.79. The predicted molar refractivity (Wildman–Crippen MR) is 118 cm³/mol. The average Bonchev–Trinajstić information content (AvgIpc) is 2.99. The van der Waals surface area contributed by atoms with Gasteiger partial charge in [0.15, 0.2) is 0 Å². The largest absolute Gasteiger partial charge is 0.493 e. The molecule has 3 rings (SSSR count). The second-order valence-electron chi connectivity index (χ2n) is 8.91. The third-order valence-electron chi connectivity index (χ3n) is 6.38. The first-order chi connectivity index (χ1) is 14.4. The molecule has 1 heterocycles. The molecule has 1 saturated carbocycles.